The lowest BCUT2D eigenvalue weighted by molar-refractivity contribution is -0.141. The summed E-state index contributed by atoms with van der Waals surface area (Å²) in [5.41, 5.74) is 0.418. The molecule has 10 atom stereocenters. The summed E-state index contributed by atoms with van der Waals surface area (Å²) in [5, 5.41) is 7.09. The van der Waals surface area contributed by atoms with Crippen molar-refractivity contribution in [2.75, 3.05) is 26.5 Å². The lowest BCUT2D eigenvalue weighted by Gasteiger charge is -2.63. The van der Waals surface area contributed by atoms with E-state index in [-0.39, 0.29) is 28.0 Å². The number of nitrogens with one attached hydrogen (secondary N) is 2. The van der Waals surface area contributed by atoms with Gasteiger partial charge in [0.05, 0.1) is 12.4 Å². The number of methoxy groups -OCH3 is 1. The number of esters is 1. The Morgan fingerprint density at radius 2 is 1.66 bits per heavy atom. The van der Waals surface area contributed by atoms with Crippen LogP contribution in [0.1, 0.15) is 98.8 Å². The van der Waals surface area contributed by atoms with Crippen LogP contribution in [0.15, 0.2) is 0 Å². The molecule has 7 heteroatoms. The molecule has 4 rings (SSSR count). The van der Waals surface area contributed by atoms with Gasteiger partial charge in [0.25, 0.3) is 0 Å². The van der Waals surface area contributed by atoms with Crippen molar-refractivity contribution in [1.82, 2.24) is 10.6 Å². The van der Waals surface area contributed by atoms with Gasteiger partial charge in [-0.3, -0.25) is 4.79 Å². The maximum Gasteiger partial charge on any atom is 0.305 e. The summed E-state index contributed by atoms with van der Waals surface area (Å²) in [6.45, 7) is 13.6. The summed E-state index contributed by atoms with van der Waals surface area (Å²) in [6, 6.07) is 0.999. The normalized spacial score (nSPS) is 41.7. The smallest absolute Gasteiger partial charge is 0.305 e. The molecule has 4 saturated carbocycles. The van der Waals surface area contributed by atoms with Crippen molar-refractivity contribution in [3.05, 3.63) is 0 Å². The van der Waals surface area contributed by atoms with Crippen LogP contribution < -0.4 is 10.6 Å². The average Bonchev–Trinajstić information content (AvgIpc) is 3.21. The summed E-state index contributed by atoms with van der Waals surface area (Å²) in [7, 11) is -1.67. The lowest BCUT2D eigenvalue weighted by atomic mass is 9.44. The minimum absolute atomic E-state index is 0.120. The molecule has 0 saturated heterocycles. The molecular formula is C31H56N2O4S. The number of hydrogen-bond donors (Lipinski definition) is 2. The Balaban J connectivity index is 1.52. The molecule has 0 radical (unpaired) electrons. The standard InChI is InChI=1S/C31H56N2O4S/c1-20(2)32-16-17-33-23-12-14-30(4)22(18-23)19-27(38(7,35)36)29-25-10-9-24(21(3)8-11-28(34)37-6)31(25,5)15-13-26(29)30/h20-27,29,32-33H,8-19H2,1-7H3/t21-,22-,23+,24-,25?,26?,27?,29?,30+,31-/m1/s1. The van der Waals surface area contributed by atoms with Crippen LogP contribution in [0.2, 0.25) is 0 Å². The zero-order chi connectivity index (χ0) is 27.9. The number of fused-ring (bicyclic) bond motifs is 5. The lowest BCUT2D eigenvalue weighted by Crippen LogP contribution is -2.60. The molecule has 4 aliphatic rings. The first-order chi connectivity index (χ1) is 17.8. The highest BCUT2D eigenvalue weighted by molar-refractivity contribution is 7.91. The SMILES string of the molecule is COC(=O)CC[C@@H](C)[C@H]1CCC2C3C(CC[C@@]21C)[C@@]1(C)CC[C@H](NCCNC(C)C)C[C@@H]1CC3S(C)(=O)=O. The molecule has 2 N–H and O–H groups in total. The highest BCUT2D eigenvalue weighted by Crippen LogP contribution is 2.69. The van der Waals surface area contributed by atoms with E-state index in [4.69, 9.17) is 4.74 Å². The Hall–Kier alpha value is -0.660. The number of ether oxygens (including phenoxy) is 1. The van der Waals surface area contributed by atoms with E-state index in [1.54, 1.807) is 0 Å². The topological polar surface area (TPSA) is 84.5 Å². The van der Waals surface area contributed by atoms with E-state index in [1.807, 2.05) is 0 Å². The van der Waals surface area contributed by atoms with Gasteiger partial charge in [0.2, 0.25) is 0 Å². The van der Waals surface area contributed by atoms with E-state index in [2.05, 4.69) is 45.3 Å². The highest BCUT2D eigenvalue weighted by Gasteiger charge is 2.64. The summed E-state index contributed by atoms with van der Waals surface area (Å²) >= 11 is 0. The first kappa shape index (κ1) is 30.3. The number of carbonyl (C=O) groups excluding carboxylic acids is 1. The van der Waals surface area contributed by atoms with Gasteiger partial charge in [-0.1, -0.05) is 34.6 Å². The molecule has 4 unspecified atom stereocenters. The van der Waals surface area contributed by atoms with Crippen molar-refractivity contribution in [2.24, 2.45) is 46.3 Å². The Morgan fingerprint density at radius 3 is 2.32 bits per heavy atom. The Kier molecular flexibility index (Phi) is 9.31. The molecular weight excluding hydrogens is 496 g/mol. The maximum absolute atomic E-state index is 13.4. The molecule has 38 heavy (non-hydrogen) atoms. The highest BCUT2D eigenvalue weighted by atomic mass is 32.2. The summed E-state index contributed by atoms with van der Waals surface area (Å²) in [5.74, 6) is 2.63. The molecule has 220 valence electrons. The Labute approximate surface area is 233 Å². The van der Waals surface area contributed by atoms with Crippen LogP contribution in [-0.2, 0) is 19.4 Å². The van der Waals surface area contributed by atoms with Gasteiger partial charge in [-0.2, -0.15) is 0 Å². The maximum atomic E-state index is 13.4. The first-order valence-corrected chi connectivity index (χ1v) is 17.5. The van der Waals surface area contributed by atoms with Gasteiger partial charge in [-0.25, -0.2) is 8.42 Å². The Morgan fingerprint density at radius 1 is 0.974 bits per heavy atom. The number of carbonyl (C=O) groups is 1. The first-order valence-electron chi connectivity index (χ1n) is 15.5. The van der Waals surface area contributed by atoms with Crippen LogP contribution in [0.3, 0.4) is 0 Å². The van der Waals surface area contributed by atoms with Gasteiger partial charge < -0.3 is 15.4 Å². The van der Waals surface area contributed by atoms with Crippen molar-refractivity contribution >= 4 is 15.8 Å². The zero-order valence-electron chi connectivity index (χ0n) is 25.2. The molecule has 0 heterocycles. The molecule has 0 spiro atoms. The van der Waals surface area contributed by atoms with Crippen LogP contribution in [0.25, 0.3) is 0 Å². The molecule has 4 aliphatic carbocycles. The van der Waals surface area contributed by atoms with Crippen LogP contribution in [0.4, 0.5) is 0 Å². The fraction of sp³-hybridized carbons (Fsp3) is 0.968. The second-order valence-electron chi connectivity index (χ2n) is 14.5. The van der Waals surface area contributed by atoms with E-state index >= 15 is 0 Å². The summed E-state index contributed by atoms with van der Waals surface area (Å²) < 4.78 is 31.7. The van der Waals surface area contributed by atoms with E-state index in [1.165, 1.54) is 39.0 Å². The molecule has 6 nitrogen and oxygen atoms in total. The van der Waals surface area contributed by atoms with Gasteiger partial charge in [-0.05, 0) is 104 Å². The molecule has 0 aliphatic heterocycles. The molecule has 0 aromatic carbocycles. The van der Waals surface area contributed by atoms with Gasteiger partial charge >= 0.3 is 5.97 Å². The van der Waals surface area contributed by atoms with Crippen molar-refractivity contribution in [3.8, 4) is 0 Å². The van der Waals surface area contributed by atoms with Crippen molar-refractivity contribution in [2.45, 2.75) is 116 Å². The van der Waals surface area contributed by atoms with E-state index in [0.29, 0.717) is 48.1 Å². The number of sulfone groups is 1. The fourth-order valence-electron chi connectivity index (χ4n) is 10.1. The molecule has 0 aromatic rings. The van der Waals surface area contributed by atoms with Gasteiger partial charge in [0.1, 0.15) is 0 Å². The van der Waals surface area contributed by atoms with Crippen molar-refractivity contribution < 1.29 is 17.9 Å². The van der Waals surface area contributed by atoms with E-state index in [0.717, 1.165) is 45.2 Å². The Bertz CT molecular complexity index is 938. The van der Waals surface area contributed by atoms with Gasteiger partial charge in [0.15, 0.2) is 9.84 Å². The minimum Gasteiger partial charge on any atom is -0.469 e. The van der Waals surface area contributed by atoms with Crippen molar-refractivity contribution in [3.63, 3.8) is 0 Å². The number of rotatable bonds is 10. The quantitative estimate of drug-likeness (QED) is 0.286. The molecule has 4 fully saturated rings. The van der Waals surface area contributed by atoms with Crippen LogP contribution >= 0.6 is 0 Å². The molecule has 0 bridgehead atoms. The predicted molar refractivity (Wildman–Crippen MR) is 155 cm³/mol. The monoisotopic (exact) mass is 552 g/mol. The molecule has 0 amide bonds. The number of hydrogen-bond acceptors (Lipinski definition) is 6. The van der Waals surface area contributed by atoms with E-state index in [9.17, 15) is 13.2 Å². The van der Waals surface area contributed by atoms with Crippen molar-refractivity contribution in [1.29, 1.82) is 0 Å². The second-order valence-corrected chi connectivity index (χ2v) is 16.7. The van der Waals surface area contributed by atoms with Crippen LogP contribution in [0, 0.1) is 46.3 Å². The van der Waals surface area contributed by atoms with Crippen LogP contribution in [-0.4, -0.2) is 58.2 Å². The van der Waals surface area contributed by atoms with Gasteiger partial charge in [0, 0.05) is 37.8 Å². The van der Waals surface area contributed by atoms with E-state index < -0.39 is 9.84 Å². The third-order valence-corrected chi connectivity index (χ3v) is 13.7. The predicted octanol–water partition coefficient (Wildman–Crippen LogP) is 5.21. The van der Waals surface area contributed by atoms with Gasteiger partial charge in [-0.15, -0.1) is 0 Å². The largest absolute Gasteiger partial charge is 0.469 e. The third kappa shape index (κ3) is 5.86. The average molecular weight is 553 g/mol. The third-order valence-electron chi connectivity index (χ3n) is 12.1. The minimum atomic E-state index is -3.14. The molecule has 0 aromatic heterocycles. The summed E-state index contributed by atoms with van der Waals surface area (Å²) in [6.07, 6.45) is 11.9. The second kappa shape index (κ2) is 11.7. The zero-order valence-corrected chi connectivity index (χ0v) is 26.0. The summed E-state index contributed by atoms with van der Waals surface area (Å²) in [4.78, 5) is 11.8. The fourth-order valence-corrected chi connectivity index (χ4v) is 11.6. The van der Waals surface area contributed by atoms with Crippen LogP contribution in [0.5, 0.6) is 0 Å².